The van der Waals surface area contributed by atoms with Gasteiger partial charge < -0.3 is 5.32 Å². The maximum Gasteiger partial charge on any atom is 0.00956 e. The Morgan fingerprint density at radius 3 is 1.52 bits per heavy atom. The van der Waals surface area contributed by atoms with E-state index in [-0.39, 0.29) is 0 Å². The van der Waals surface area contributed by atoms with Crippen LogP contribution in [0.15, 0.2) is 0 Å². The van der Waals surface area contributed by atoms with E-state index in [0.29, 0.717) is 0 Å². The molecule has 0 aromatic heterocycles. The van der Waals surface area contributed by atoms with Gasteiger partial charge in [-0.15, -0.1) is 0 Å². The van der Waals surface area contributed by atoms with Gasteiger partial charge in [0.15, 0.2) is 0 Å². The molecule has 1 aliphatic heterocycles. The molecule has 0 bridgehead atoms. The summed E-state index contributed by atoms with van der Waals surface area (Å²) in [6, 6.07) is 0.923. The van der Waals surface area contributed by atoms with Gasteiger partial charge in [-0.25, -0.2) is 0 Å². The predicted molar refractivity (Wildman–Crippen MR) is 116 cm³/mol. The van der Waals surface area contributed by atoms with Gasteiger partial charge in [0.2, 0.25) is 0 Å². The molecule has 0 atom stereocenters. The zero-order valence-electron chi connectivity index (χ0n) is 18.0. The van der Waals surface area contributed by atoms with Gasteiger partial charge in [-0.2, -0.15) is 0 Å². The molecule has 4 fully saturated rings. The summed E-state index contributed by atoms with van der Waals surface area (Å²) in [5.74, 6) is 4.13. The molecule has 2 heteroatoms. The van der Waals surface area contributed by atoms with Crippen molar-refractivity contribution < 1.29 is 0 Å². The number of nitrogens with zero attached hydrogens (tertiary/aromatic N) is 1. The van der Waals surface area contributed by atoms with Crippen LogP contribution in [0.25, 0.3) is 0 Å². The minimum absolute atomic E-state index is 0.923. The molecular weight excluding hydrogens is 328 g/mol. The third-order valence-electron chi connectivity index (χ3n) is 8.74. The average Bonchev–Trinajstić information content (AvgIpc) is 2.76. The van der Waals surface area contributed by atoms with Crippen LogP contribution in [0.5, 0.6) is 0 Å². The van der Waals surface area contributed by atoms with Crippen LogP contribution in [-0.4, -0.2) is 37.1 Å². The number of rotatable bonds is 6. The monoisotopic (exact) mass is 374 g/mol. The van der Waals surface area contributed by atoms with Crippen LogP contribution in [-0.2, 0) is 0 Å². The molecule has 3 aliphatic carbocycles. The van der Waals surface area contributed by atoms with E-state index in [0.717, 1.165) is 29.7 Å². The second kappa shape index (κ2) is 10.6. The molecule has 4 rings (SSSR count). The van der Waals surface area contributed by atoms with E-state index in [1.807, 2.05) is 0 Å². The van der Waals surface area contributed by atoms with Crippen LogP contribution in [0.2, 0.25) is 0 Å². The maximum absolute atomic E-state index is 3.56. The lowest BCUT2D eigenvalue weighted by Gasteiger charge is -2.43. The molecule has 27 heavy (non-hydrogen) atoms. The summed E-state index contributed by atoms with van der Waals surface area (Å²) >= 11 is 0. The number of hydrogen-bond acceptors (Lipinski definition) is 2. The van der Waals surface area contributed by atoms with Gasteiger partial charge >= 0.3 is 0 Å². The van der Waals surface area contributed by atoms with Crippen molar-refractivity contribution in [3.05, 3.63) is 0 Å². The van der Waals surface area contributed by atoms with Crippen molar-refractivity contribution in [2.75, 3.05) is 26.2 Å². The first-order valence-electron chi connectivity index (χ1n) is 12.8. The number of piperidine rings is 1. The molecular formula is C25H46N2. The number of hydrogen-bond donors (Lipinski definition) is 1. The summed E-state index contributed by atoms with van der Waals surface area (Å²) < 4.78 is 0. The molecule has 156 valence electrons. The Morgan fingerprint density at radius 1 is 0.519 bits per heavy atom. The molecule has 1 heterocycles. The summed E-state index contributed by atoms with van der Waals surface area (Å²) in [4.78, 5) is 3.05. The van der Waals surface area contributed by atoms with Crippen LogP contribution in [0.4, 0.5) is 0 Å². The zero-order chi connectivity index (χ0) is 18.3. The first-order valence-corrected chi connectivity index (χ1v) is 12.8. The van der Waals surface area contributed by atoms with Crippen molar-refractivity contribution in [2.24, 2.45) is 23.7 Å². The number of nitrogens with one attached hydrogen (secondary N) is 1. The van der Waals surface area contributed by atoms with Crippen LogP contribution in [0, 0.1) is 23.7 Å². The Hall–Kier alpha value is -0.0800. The Balaban J connectivity index is 1.31. The second-order valence-electron chi connectivity index (χ2n) is 10.6. The topological polar surface area (TPSA) is 15.3 Å². The van der Waals surface area contributed by atoms with E-state index >= 15 is 0 Å². The molecule has 1 saturated heterocycles. The SMILES string of the molecule is C1CCC(CN(CC2CCCCC2)C2CCC(C3CCNCC3)CC2)CC1. The molecule has 0 amide bonds. The summed E-state index contributed by atoms with van der Waals surface area (Å²) in [5, 5.41) is 3.56. The molecule has 1 N–H and O–H groups in total. The minimum Gasteiger partial charge on any atom is -0.317 e. The smallest absolute Gasteiger partial charge is 0.00956 e. The molecule has 0 unspecified atom stereocenters. The fourth-order valence-electron chi connectivity index (χ4n) is 7.03. The third kappa shape index (κ3) is 5.95. The van der Waals surface area contributed by atoms with E-state index in [1.54, 1.807) is 0 Å². The van der Waals surface area contributed by atoms with Crippen molar-refractivity contribution in [1.82, 2.24) is 10.2 Å². The summed E-state index contributed by atoms with van der Waals surface area (Å²) in [5.41, 5.74) is 0. The van der Waals surface area contributed by atoms with Gasteiger partial charge in [0.1, 0.15) is 0 Å². The van der Waals surface area contributed by atoms with Crippen molar-refractivity contribution in [3.8, 4) is 0 Å². The summed E-state index contributed by atoms with van der Waals surface area (Å²) in [7, 11) is 0. The average molecular weight is 375 g/mol. The first kappa shape index (κ1) is 20.2. The predicted octanol–water partition coefficient (Wildman–Crippen LogP) is 6.01. The fraction of sp³-hybridized carbons (Fsp3) is 1.00. The highest BCUT2D eigenvalue weighted by molar-refractivity contribution is 4.87. The minimum atomic E-state index is 0.923. The molecule has 0 spiro atoms. The summed E-state index contributed by atoms with van der Waals surface area (Å²) in [6.07, 6.45) is 24.1. The standard InChI is InChI=1S/C25H46N2/c1-3-7-21(8-4-1)19-27(20-22-9-5-2-6-10-22)25-13-11-23(12-14-25)24-15-17-26-18-16-24/h21-26H,1-20H2. The van der Waals surface area contributed by atoms with Crippen LogP contribution in [0.3, 0.4) is 0 Å². The lowest BCUT2D eigenvalue weighted by molar-refractivity contribution is 0.0696. The highest BCUT2D eigenvalue weighted by atomic mass is 15.2. The lowest BCUT2D eigenvalue weighted by atomic mass is 9.74. The largest absolute Gasteiger partial charge is 0.317 e. The zero-order valence-corrected chi connectivity index (χ0v) is 18.0. The van der Waals surface area contributed by atoms with Gasteiger partial charge in [0, 0.05) is 19.1 Å². The maximum atomic E-state index is 3.56. The van der Waals surface area contributed by atoms with E-state index in [1.165, 1.54) is 129 Å². The molecule has 4 aliphatic rings. The first-order chi connectivity index (χ1) is 13.4. The van der Waals surface area contributed by atoms with Gasteiger partial charge in [0.25, 0.3) is 0 Å². The Bertz CT molecular complexity index is 377. The highest BCUT2D eigenvalue weighted by Gasteiger charge is 2.32. The quantitative estimate of drug-likeness (QED) is 0.612. The molecule has 0 radical (unpaired) electrons. The summed E-state index contributed by atoms with van der Waals surface area (Å²) in [6.45, 7) is 5.44. The van der Waals surface area contributed by atoms with Crippen molar-refractivity contribution in [3.63, 3.8) is 0 Å². The lowest BCUT2D eigenvalue weighted by Crippen LogP contribution is -2.45. The van der Waals surface area contributed by atoms with Gasteiger partial charge in [0.05, 0.1) is 0 Å². The molecule has 2 nitrogen and oxygen atoms in total. The van der Waals surface area contributed by atoms with Crippen LogP contribution < -0.4 is 5.32 Å². The van der Waals surface area contributed by atoms with Crippen LogP contribution in [0.1, 0.15) is 103 Å². The molecule has 0 aromatic carbocycles. The highest BCUT2D eigenvalue weighted by Crippen LogP contribution is 2.38. The van der Waals surface area contributed by atoms with E-state index in [2.05, 4.69) is 10.2 Å². The van der Waals surface area contributed by atoms with E-state index in [9.17, 15) is 0 Å². The van der Waals surface area contributed by atoms with Crippen molar-refractivity contribution in [2.45, 2.75) is 109 Å². The van der Waals surface area contributed by atoms with Gasteiger partial charge in [-0.05, 0) is 101 Å². The fourth-order valence-corrected chi connectivity index (χ4v) is 7.03. The Kier molecular flexibility index (Phi) is 7.95. The van der Waals surface area contributed by atoms with E-state index in [4.69, 9.17) is 0 Å². The van der Waals surface area contributed by atoms with Gasteiger partial charge in [-0.1, -0.05) is 38.5 Å². The Morgan fingerprint density at radius 2 is 1.00 bits per heavy atom. The van der Waals surface area contributed by atoms with E-state index < -0.39 is 0 Å². The normalized spacial score (nSPS) is 32.8. The third-order valence-corrected chi connectivity index (χ3v) is 8.74. The van der Waals surface area contributed by atoms with Crippen molar-refractivity contribution in [1.29, 1.82) is 0 Å². The molecule has 3 saturated carbocycles. The second-order valence-corrected chi connectivity index (χ2v) is 10.6. The van der Waals surface area contributed by atoms with Gasteiger partial charge in [-0.3, -0.25) is 4.90 Å². The Labute approximate surface area is 169 Å². The van der Waals surface area contributed by atoms with Crippen molar-refractivity contribution >= 4 is 0 Å². The van der Waals surface area contributed by atoms with Crippen LogP contribution >= 0.6 is 0 Å². The molecule has 0 aromatic rings.